The highest BCUT2D eigenvalue weighted by molar-refractivity contribution is 9.10. The molecule has 1 fully saturated rings. The summed E-state index contributed by atoms with van der Waals surface area (Å²) in [5.41, 5.74) is 1.03. The van der Waals surface area contributed by atoms with Crippen molar-refractivity contribution in [1.29, 1.82) is 0 Å². The van der Waals surface area contributed by atoms with Crippen LogP contribution in [0.3, 0.4) is 0 Å². The van der Waals surface area contributed by atoms with Gasteiger partial charge in [-0.1, -0.05) is 13.8 Å². The lowest BCUT2D eigenvalue weighted by molar-refractivity contribution is -0.146. The summed E-state index contributed by atoms with van der Waals surface area (Å²) in [7, 11) is 2.87. The molecule has 2 rings (SSSR count). The number of nitrogens with one attached hydrogen (secondary N) is 1. The second kappa shape index (κ2) is 10.8. The third-order valence-corrected chi connectivity index (χ3v) is 5.79. The summed E-state index contributed by atoms with van der Waals surface area (Å²) >= 11 is 3.35. The molecule has 162 valence electrons. The van der Waals surface area contributed by atoms with E-state index in [2.05, 4.69) is 26.1 Å². The Morgan fingerprint density at radius 1 is 1.28 bits per heavy atom. The smallest absolute Gasteiger partial charge is 0.328 e. The Hall–Kier alpha value is -1.80. The molecule has 0 aliphatic carbocycles. The van der Waals surface area contributed by atoms with E-state index >= 15 is 0 Å². The molecule has 1 amide bonds. The Morgan fingerprint density at radius 2 is 1.93 bits per heavy atom. The number of hydrogen-bond acceptors (Lipinski definition) is 6. The number of carbonyl (C=O) groups excluding carboxylic acids is 2. The van der Waals surface area contributed by atoms with E-state index in [1.54, 1.807) is 0 Å². The van der Waals surface area contributed by atoms with Gasteiger partial charge in [0.1, 0.15) is 6.04 Å². The second-order valence-corrected chi connectivity index (χ2v) is 8.75. The lowest BCUT2D eigenvalue weighted by Gasteiger charge is -2.32. The van der Waals surface area contributed by atoms with Crippen LogP contribution in [0.5, 0.6) is 11.5 Å². The predicted molar refractivity (Wildman–Crippen MR) is 114 cm³/mol. The summed E-state index contributed by atoms with van der Waals surface area (Å²) < 4.78 is 10.6. The number of ether oxygens (including phenoxy) is 2. The summed E-state index contributed by atoms with van der Waals surface area (Å²) in [6.07, 6.45) is 2.03. The van der Waals surface area contributed by atoms with Crippen molar-refractivity contribution in [2.24, 2.45) is 11.8 Å². The summed E-state index contributed by atoms with van der Waals surface area (Å²) in [6, 6.07) is 3.11. The lowest BCUT2D eigenvalue weighted by Crippen LogP contribution is -2.47. The fourth-order valence-electron chi connectivity index (χ4n) is 3.60. The highest BCUT2D eigenvalue weighted by Gasteiger charge is 2.29. The molecule has 1 aliphatic rings. The van der Waals surface area contributed by atoms with Crippen molar-refractivity contribution >= 4 is 27.8 Å². The van der Waals surface area contributed by atoms with Gasteiger partial charge in [0.15, 0.2) is 11.5 Å². The van der Waals surface area contributed by atoms with Crippen molar-refractivity contribution in [2.75, 3.05) is 27.3 Å². The standard InChI is InChI=1S/C21H31BrN2O5/c1-13(2)9-17(21(27)29-4)23-20(26)15-5-7-24(8-6-15)12-14-10-16(22)19(25)18(11-14)28-3/h10-11,13,15,17,25H,5-9,12H2,1-4H3,(H,23,26). The maximum absolute atomic E-state index is 12.7. The number of rotatable bonds is 8. The Morgan fingerprint density at radius 3 is 2.48 bits per heavy atom. The van der Waals surface area contributed by atoms with Crippen LogP contribution in [-0.2, 0) is 20.9 Å². The molecule has 1 aliphatic heterocycles. The molecule has 2 N–H and O–H groups in total. The zero-order chi connectivity index (χ0) is 21.6. The summed E-state index contributed by atoms with van der Waals surface area (Å²) in [5.74, 6) is 0.233. The van der Waals surface area contributed by atoms with E-state index in [0.717, 1.165) is 31.5 Å². The SMILES string of the molecule is COC(=O)C(CC(C)C)NC(=O)C1CCN(Cc2cc(Br)c(O)c(OC)c2)CC1. The van der Waals surface area contributed by atoms with Gasteiger partial charge in [-0.15, -0.1) is 0 Å². The molecule has 1 aromatic carbocycles. The predicted octanol–water partition coefficient (Wildman–Crippen LogP) is 3.08. The molecule has 0 saturated carbocycles. The summed E-state index contributed by atoms with van der Waals surface area (Å²) in [6.45, 7) is 6.30. The number of nitrogens with zero attached hydrogens (tertiary/aromatic N) is 1. The van der Waals surface area contributed by atoms with Crippen molar-refractivity contribution < 1.29 is 24.2 Å². The first kappa shape index (κ1) is 23.5. The van der Waals surface area contributed by atoms with E-state index in [1.807, 2.05) is 26.0 Å². The molecule has 1 unspecified atom stereocenters. The first-order valence-corrected chi connectivity index (χ1v) is 10.7. The number of phenolic OH excluding ortho intramolecular Hbond substituents is 1. The van der Waals surface area contributed by atoms with Gasteiger partial charge in [-0.2, -0.15) is 0 Å². The number of piperidine rings is 1. The zero-order valence-electron chi connectivity index (χ0n) is 17.5. The van der Waals surface area contributed by atoms with Crippen LogP contribution in [-0.4, -0.2) is 55.2 Å². The fourth-order valence-corrected chi connectivity index (χ4v) is 4.09. The van der Waals surface area contributed by atoms with Gasteiger partial charge in [0, 0.05) is 12.5 Å². The molecule has 8 heteroatoms. The van der Waals surface area contributed by atoms with Crippen molar-refractivity contribution in [3.63, 3.8) is 0 Å². The van der Waals surface area contributed by atoms with Gasteiger partial charge in [0.05, 0.1) is 18.7 Å². The van der Waals surface area contributed by atoms with E-state index in [9.17, 15) is 14.7 Å². The van der Waals surface area contributed by atoms with E-state index in [1.165, 1.54) is 14.2 Å². The Labute approximate surface area is 180 Å². The summed E-state index contributed by atoms with van der Waals surface area (Å²) in [4.78, 5) is 26.9. The quantitative estimate of drug-likeness (QED) is 0.567. The first-order valence-electron chi connectivity index (χ1n) is 9.91. The van der Waals surface area contributed by atoms with Crippen molar-refractivity contribution in [2.45, 2.75) is 45.7 Å². The van der Waals surface area contributed by atoms with Crippen molar-refractivity contribution in [3.8, 4) is 11.5 Å². The molecule has 1 aromatic rings. The molecular formula is C21H31BrN2O5. The normalized spacial score (nSPS) is 16.5. The number of amides is 1. The molecule has 7 nitrogen and oxygen atoms in total. The van der Waals surface area contributed by atoms with Gasteiger partial charge in [-0.25, -0.2) is 4.79 Å². The zero-order valence-corrected chi connectivity index (χ0v) is 19.1. The van der Waals surface area contributed by atoms with Crippen LogP contribution < -0.4 is 10.1 Å². The van der Waals surface area contributed by atoms with E-state index < -0.39 is 12.0 Å². The van der Waals surface area contributed by atoms with Crippen LogP contribution >= 0.6 is 15.9 Å². The average molecular weight is 471 g/mol. The second-order valence-electron chi connectivity index (χ2n) is 7.89. The number of aromatic hydroxyl groups is 1. The number of hydrogen-bond donors (Lipinski definition) is 2. The van der Waals surface area contributed by atoms with Crippen LogP contribution in [0, 0.1) is 11.8 Å². The van der Waals surface area contributed by atoms with Crippen molar-refractivity contribution in [1.82, 2.24) is 10.2 Å². The number of benzene rings is 1. The minimum atomic E-state index is -0.590. The minimum absolute atomic E-state index is 0.0743. The summed E-state index contributed by atoms with van der Waals surface area (Å²) in [5, 5.41) is 12.8. The Balaban J connectivity index is 1.90. The average Bonchev–Trinajstić information content (AvgIpc) is 2.69. The van der Waals surface area contributed by atoms with Gasteiger partial charge < -0.3 is 19.9 Å². The van der Waals surface area contributed by atoms with E-state index in [0.29, 0.717) is 23.2 Å². The minimum Gasteiger partial charge on any atom is -0.503 e. The third kappa shape index (κ3) is 6.60. The molecule has 0 aromatic heterocycles. The number of methoxy groups -OCH3 is 2. The maximum atomic E-state index is 12.7. The number of likely N-dealkylation sites (tertiary alicyclic amines) is 1. The maximum Gasteiger partial charge on any atom is 0.328 e. The lowest BCUT2D eigenvalue weighted by atomic mass is 9.94. The highest BCUT2D eigenvalue weighted by Crippen LogP contribution is 2.35. The third-order valence-electron chi connectivity index (χ3n) is 5.18. The largest absolute Gasteiger partial charge is 0.503 e. The van der Waals surface area contributed by atoms with Gasteiger partial charge >= 0.3 is 5.97 Å². The van der Waals surface area contributed by atoms with Crippen LogP contribution in [0.2, 0.25) is 0 Å². The highest BCUT2D eigenvalue weighted by atomic mass is 79.9. The molecule has 1 heterocycles. The molecule has 0 radical (unpaired) electrons. The van der Waals surface area contributed by atoms with Gasteiger partial charge in [-0.3, -0.25) is 9.69 Å². The van der Waals surface area contributed by atoms with Gasteiger partial charge in [0.2, 0.25) is 5.91 Å². The van der Waals surface area contributed by atoms with Crippen LogP contribution in [0.4, 0.5) is 0 Å². The number of halogens is 1. The van der Waals surface area contributed by atoms with Gasteiger partial charge in [-0.05, 0) is 71.9 Å². The first-order chi connectivity index (χ1) is 13.7. The number of esters is 1. The van der Waals surface area contributed by atoms with E-state index in [-0.39, 0.29) is 23.5 Å². The number of carbonyl (C=O) groups is 2. The fraction of sp³-hybridized carbons (Fsp3) is 0.619. The molecule has 29 heavy (non-hydrogen) atoms. The van der Waals surface area contributed by atoms with Crippen LogP contribution in [0.15, 0.2) is 16.6 Å². The van der Waals surface area contributed by atoms with Gasteiger partial charge in [0.25, 0.3) is 0 Å². The molecule has 1 saturated heterocycles. The Bertz CT molecular complexity index is 717. The molecule has 0 spiro atoms. The van der Waals surface area contributed by atoms with Crippen LogP contribution in [0.1, 0.15) is 38.7 Å². The molecule has 1 atom stereocenters. The Kier molecular flexibility index (Phi) is 8.77. The topological polar surface area (TPSA) is 88.1 Å². The van der Waals surface area contributed by atoms with E-state index in [4.69, 9.17) is 9.47 Å². The number of phenols is 1. The molecule has 0 bridgehead atoms. The van der Waals surface area contributed by atoms with Crippen molar-refractivity contribution in [3.05, 3.63) is 22.2 Å². The monoisotopic (exact) mass is 470 g/mol. The molecular weight excluding hydrogens is 440 g/mol. The van der Waals surface area contributed by atoms with Crippen LogP contribution in [0.25, 0.3) is 0 Å².